The molecule has 0 saturated heterocycles. The highest BCUT2D eigenvalue weighted by atomic mass is 15.3. The van der Waals surface area contributed by atoms with Crippen LogP contribution in [0, 0.1) is 0 Å². The summed E-state index contributed by atoms with van der Waals surface area (Å²) < 4.78 is 3.48. The van der Waals surface area contributed by atoms with E-state index >= 15 is 0 Å². The van der Waals surface area contributed by atoms with Gasteiger partial charge in [0, 0.05) is 29.2 Å². The molecule has 0 aliphatic rings. The molecular formula is C25H35N2+. The van der Waals surface area contributed by atoms with Crippen molar-refractivity contribution in [2.45, 2.75) is 52.1 Å². The van der Waals surface area contributed by atoms with Crippen LogP contribution >= 0.6 is 0 Å². The summed E-state index contributed by atoms with van der Waals surface area (Å²) in [5.41, 5.74) is 4.17. The molecule has 0 saturated carbocycles. The third-order valence-electron chi connectivity index (χ3n) is 5.53. The lowest BCUT2D eigenvalue weighted by Gasteiger charge is -2.29. The lowest BCUT2D eigenvalue weighted by Crippen LogP contribution is -2.39. The zero-order valence-corrected chi connectivity index (χ0v) is 17.3. The van der Waals surface area contributed by atoms with E-state index in [1.165, 1.54) is 60.7 Å². The van der Waals surface area contributed by atoms with Gasteiger partial charge in [-0.3, -0.25) is 0 Å². The number of aromatic nitrogens is 1. The van der Waals surface area contributed by atoms with Crippen molar-refractivity contribution >= 4 is 10.9 Å². The molecule has 0 aliphatic heterocycles. The van der Waals surface area contributed by atoms with Crippen LogP contribution in [0.15, 0.2) is 60.8 Å². The summed E-state index contributed by atoms with van der Waals surface area (Å²) in [4.78, 5) is 0. The maximum atomic E-state index is 2.42. The molecule has 144 valence electrons. The van der Waals surface area contributed by atoms with Crippen molar-refractivity contribution in [3.05, 3.63) is 71.9 Å². The Labute approximate surface area is 165 Å². The topological polar surface area (TPSA) is 4.93 Å². The largest absolute Gasteiger partial charge is 0.343 e. The van der Waals surface area contributed by atoms with E-state index in [4.69, 9.17) is 0 Å². The molecule has 0 bridgehead atoms. The number of benzene rings is 2. The van der Waals surface area contributed by atoms with Gasteiger partial charge in [0.2, 0.25) is 0 Å². The monoisotopic (exact) mass is 363 g/mol. The molecule has 1 heterocycles. The molecule has 0 fully saturated rings. The van der Waals surface area contributed by atoms with Gasteiger partial charge in [0.25, 0.3) is 0 Å². The van der Waals surface area contributed by atoms with Crippen LogP contribution in [0.5, 0.6) is 0 Å². The molecule has 0 unspecified atom stereocenters. The summed E-state index contributed by atoms with van der Waals surface area (Å²) in [5, 5.41) is 1.41. The molecule has 2 heteroatoms. The van der Waals surface area contributed by atoms with Crippen molar-refractivity contribution < 1.29 is 4.48 Å². The van der Waals surface area contributed by atoms with Crippen LogP contribution in [-0.2, 0) is 13.1 Å². The van der Waals surface area contributed by atoms with Gasteiger partial charge in [-0.25, -0.2) is 0 Å². The van der Waals surface area contributed by atoms with Crippen LogP contribution in [0.4, 0.5) is 0 Å². The average molecular weight is 364 g/mol. The number of para-hydroxylation sites is 1. The van der Waals surface area contributed by atoms with Gasteiger partial charge in [-0.1, -0.05) is 74.7 Å². The Kier molecular flexibility index (Phi) is 6.73. The van der Waals surface area contributed by atoms with Crippen LogP contribution in [0.25, 0.3) is 10.9 Å². The van der Waals surface area contributed by atoms with Gasteiger partial charge in [-0.05, 0) is 24.5 Å². The zero-order valence-electron chi connectivity index (χ0n) is 17.3. The first-order valence-corrected chi connectivity index (χ1v) is 10.5. The molecule has 2 aromatic carbocycles. The van der Waals surface area contributed by atoms with E-state index in [0.717, 1.165) is 17.6 Å². The summed E-state index contributed by atoms with van der Waals surface area (Å²) in [7, 11) is 4.76. The van der Waals surface area contributed by atoms with E-state index in [2.05, 4.69) is 86.4 Å². The zero-order chi connectivity index (χ0) is 19.1. The molecular weight excluding hydrogens is 328 g/mol. The second kappa shape index (κ2) is 9.23. The smallest absolute Gasteiger partial charge is 0.106 e. The van der Waals surface area contributed by atoms with Gasteiger partial charge in [0.1, 0.15) is 6.54 Å². The summed E-state index contributed by atoms with van der Waals surface area (Å²) in [6.07, 6.45) is 9.15. The fourth-order valence-electron chi connectivity index (χ4n) is 4.04. The Morgan fingerprint density at radius 1 is 0.815 bits per heavy atom. The van der Waals surface area contributed by atoms with E-state index in [0.29, 0.717) is 0 Å². The van der Waals surface area contributed by atoms with Crippen molar-refractivity contribution in [1.82, 2.24) is 4.57 Å². The van der Waals surface area contributed by atoms with Gasteiger partial charge in [-0.2, -0.15) is 0 Å². The number of hydrogen-bond donors (Lipinski definition) is 0. The average Bonchev–Trinajstić information content (AvgIpc) is 2.99. The first-order chi connectivity index (χ1) is 13.1. The fraction of sp³-hybridized carbons (Fsp3) is 0.440. The van der Waals surface area contributed by atoms with Crippen LogP contribution < -0.4 is 0 Å². The number of rotatable bonds is 10. The number of quaternary nitrogens is 1. The Morgan fingerprint density at radius 2 is 1.52 bits per heavy atom. The minimum Gasteiger partial charge on any atom is -0.343 e. The van der Waals surface area contributed by atoms with Gasteiger partial charge < -0.3 is 9.05 Å². The number of hydrogen-bond acceptors (Lipinski definition) is 0. The van der Waals surface area contributed by atoms with Crippen LogP contribution in [0.2, 0.25) is 0 Å². The second-order valence-corrected chi connectivity index (χ2v) is 8.52. The Hall–Kier alpha value is -2.06. The predicted octanol–water partition coefficient (Wildman–Crippen LogP) is 6.24. The molecule has 27 heavy (non-hydrogen) atoms. The molecule has 0 aliphatic carbocycles. The van der Waals surface area contributed by atoms with E-state index in [1.54, 1.807) is 0 Å². The lowest BCUT2D eigenvalue weighted by molar-refractivity contribution is -0.903. The van der Waals surface area contributed by atoms with Crippen molar-refractivity contribution in [2.75, 3.05) is 20.6 Å². The Morgan fingerprint density at radius 3 is 2.30 bits per heavy atom. The lowest BCUT2D eigenvalue weighted by atomic mass is 10.1. The van der Waals surface area contributed by atoms with E-state index < -0.39 is 0 Å². The minimum atomic E-state index is 0.936. The standard InChI is InChI=1S/C25H35N2/c1-4-5-6-7-13-18-27(2,3)21-23-20-26(19-22-14-9-8-10-15-22)25-17-12-11-16-24(23)25/h8-12,14-17,20H,4-7,13,18-19,21H2,1-3H3/q+1. The highest BCUT2D eigenvalue weighted by Crippen LogP contribution is 2.25. The highest BCUT2D eigenvalue weighted by Gasteiger charge is 2.19. The van der Waals surface area contributed by atoms with Gasteiger partial charge in [0.05, 0.1) is 20.6 Å². The minimum absolute atomic E-state index is 0.936. The molecule has 3 rings (SSSR count). The molecule has 1 aromatic heterocycles. The van der Waals surface area contributed by atoms with Crippen molar-refractivity contribution in [3.63, 3.8) is 0 Å². The van der Waals surface area contributed by atoms with Gasteiger partial charge in [-0.15, -0.1) is 0 Å². The molecule has 0 amide bonds. The quantitative estimate of drug-likeness (QED) is 0.297. The molecule has 0 radical (unpaired) electrons. The summed E-state index contributed by atoms with van der Waals surface area (Å²) >= 11 is 0. The second-order valence-electron chi connectivity index (χ2n) is 8.52. The highest BCUT2D eigenvalue weighted by molar-refractivity contribution is 5.83. The molecule has 0 atom stereocenters. The molecule has 0 N–H and O–H groups in total. The Bertz CT molecular complexity index is 830. The van der Waals surface area contributed by atoms with Crippen LogP contribution in [0.3, 0.4) is 0 Å². The molecule has 3 aromatic rings. The number of nitrogens with zero attached hydrogens (tertiary/aromatic N) is 2. The summed E-state index contributed by atoms with van der Waals surface area (Å²) in [5.74, 6) is 0. The third kappa shape index (κ3) is 5.46. The van der Waals surface area contributed by atoms with Crippen LogP contribution in [0.1, 0.15) is 50.2 Å². The van der Waals surface area contributed by atoms with Crippen molar-refractivity contribution in [1.29, 1.82) is 0 Å². The Balaban J connectivity index is 1.74. The van der Waals surface area contributed by atoms with Gasteiger partial charge in [0.15, 0.2) is 0 Å². The predicted molar refractivity (Wildman–Crippen MR) is 117 cm³/mol. The first-order valence-electron chi connectivity index (χ1n) is 10.5. The van der Waals surface area contributed by atoms with E-state index in [-0.39, 0.29) is 0 Å². The fourth-order valence-corrected chi connectivity index (χ4v) is 4.04. The van der Waals surface area contributed by atoms with Gasteiger partial charge >= 0.3 is 0 Å². The van der Waals surface area contributed by atoms with E-state index in [9.17, 15) is 0 Å². The van der Waals surface area contributed by atoms with Crippen molar-refractivity contribution in [3.8, 4) is 0 Å². The first kappa shape index (κ1) is 19.7. The number of fused-ring (bicyclic) bond motifs is 1. The molecule has 0 spiro atoms. The number of unbranched alkanes of at least 4 members (excludes halogenated alkanes) is 4. The third-order valence-corrected chi connectivity index (χ3v) is 5.53. The van der Waals surface area contributed by atoms with E-state index in [1.807, 2.05) is 0 Å². The maximum absolute atomic E-state index is 2.42. The normalized spacial score (nSPS) is 12.0. The molecule has 2 nitrogen and oxygen atoms in total. The van der Waals surface area contributed by atoms with Crippen molar-refractivity contribution in [2.24, 2.45) is 0 Å². The SMILES string of the molecule is CCCCCCC[N+](C)(C)Cc1cn(Cc2ccccc2)c2ccccc12. The maximum Gasteiger partial charge on any atom is 0.106 e. The van der Waals surface area contributed by atoms with Crippen LogP contribution in [-0.4, -0.2) is 29.7 Å². The summed E-state index contributed by atoms with van der Waals surface area (Å²) in [6.45, 7) is 5.56. The summed E-state index contributed by atoms with van der Waals surface area (Å²) in [6, 6.07) is 19.6.